The van der Waals surface area contributed by atoms with Crippen molar-refractivity contribution in [3.05, 3.63) is 22.7 Å². The number of aromatic nitrogens is 2. The number of hydrogen-bond acceptors (Lipinski definition) is 4. The van der Waals surface area contributed by atoms with Crippen LogP contribution in [0.25, 0.3) is 0 Å². The second kappa shape index (κ2) is 5.06. The molecule has 0 spiro atoms. The maximum Gasteiger partial charge on any atom is 0.222 e. The van der Waals surface area contributed by atoms with E-state index in [2.05, 4.69) is 14.9 Å². The molecular formula is C13H17ClN4O. The fourth-order valence-corrected chi connectivity index (χ4v) is 3.19. The van der Waals surface area contributed by atoms with Gasteiger partial charge >= 0.3 is 0 Å². The highest BCUT2D eigenvalue weighted by Crippen LogP contribution is 2.23. The minimum atomic E-state index is 0.305. The fourth-order valence-electron chi connectivity index (χ4n) is 2.93. The van der Waals surface area contributed by atoms with Crippen molar-refractivity contribution in [1.29, 1.82) is 0 Å². The summed E-state index contributed by atoms with van der Waals surface area (Å²) in [6.07, 6.45) is 1.68. The Hall–Kier alpha value is -1.20. The second-order valence-corrected chi connectivity index (χ2v) is 5.65. The molecule has 2 saturated heterocycles. The van der Waals surface area contributed by atoms with E-state index < -0.39 is 0 Å². The molecule has 0 aromatic carbocycles. The Bertz CT molecular complexity index is 487. The van der Waals surface area contributed by atoms with E-state index >= 15 is 0 Å². The van der Waals surface area contributed by atoms with Crippen LogP contribution in [0.2, 0.25) is 5.15 Å². The maximum absolute atomic E-state index is 11.6. The third-order valence-electron chi connectivity index (χ3n) is 3.81. The van der Waals surface area contributed by atoms with E-state index in [1.165, 1.54) is 0 Å². The van der Waals surface area contributed by atoms with Crippen molar-refractivity contribution in [1.82, 2.24) is 19.8 Å². The number of piperazine rings is 1. The summed E-state index contributed by atoms with van der Waals surface area (Å²) < 4.78 is 0. The van der Waals surface area contributed by atoms with Crippen molar-refractivity contribution in [3.8, 4) is 0 Å². The minimum Gasteiger partial charge on any atom is -0.337 e. The Labute approximate surface area is 117 Å². The van der Waals surface area contributed by atoms with Gasteiger partial charge in [0.1, 0.15) is 11.0 Å². The molecule has 0 bridgehead atoms. The highest BCUT2D eigenvalue weighted by Gasteiger charge is 2.35. The van der Waals surface area contributed by atoms with Gasteiger partial charge in [-0.3, -0.25) is 9.69 Å². The highest BCUT2D eigenvalue weighted by molar-refractivity contribution is 6.29. The topological polar surface area (TPSA) is 49.3 Å². The standard InChI is InChI=1S/C13H17ClN4O/c1-9-6-11(14)16-12(15-9)8-17-4-5-18-10(7-17)2-3-13(18)19/h6,10H,2-5,7-8H2,1H3. The zero-order chi connectivity index (χ0) is 13.4. The predicted molar refractivity (Wildman–Crippen MR) is 71.8 cm³/mol. The van der Waals surface area contributed by atoms with Crippen molar-refractivity contribution >= 4 is 17.5 Å². The average Bonchev–Trinajstić information content (AvgIpc) is 2.69. The molecule has 5 nitrogen and oxygen atoms in total. The molecule has 1 aromatic heterocycles. The molecule has 19 heavy (non-hydrogen) atoms. The molecular weight excluding hydrogens is 264 g/mol. The molecule has 0 aliphatic carbocycles. The largest absolute Gasteiger partial charge is 0.337 e. The fraction of sp³-hybridized carbons (Fsp3) is 0.615. The van der Waals surface area contributed by atoms with Crippen molar-refractivity contribution in [3.63, 3.8) is 0 Å². The zero-order valence-electron chi connectivity index (χ0n) is 11.0. The molecule has 0 saturated carbocycles. The normalized spacial score (nSPS) is 23.8. The predicted octanol–water partition coefficient (Wildman–Crippen LogP) is 1.25. The molecule has 3 heterocycles. The molecule has 1 aromatic rings. The molecule has 2 aliphatic rings. The lowest BCUT2D eigenvalue weighted by Crippen LogP contribution is -2.51. The van der Waals surface area contributed by atoms with Crippen molar-refractivity contribution in [2.75, 3.05) is 19.6 Å². The number of aryl methyl sites for hydroxylation is 1. The molecule has 1 amide bonds. The van der Waals surface area contributed by atoms with Crippen LogP contribution in [0.5, 0.6) is 0 Å². The highest BCUT2D eigenvalue weighted by atomic mass is 35.5. The number of halogens is 1. The Kier molecular flexibility index (Phi) is 3.41. The summed E-state index contributed by atoms with van der Waals surface area (Å²) in [6.45, 7) is 5.26. The summed E-state index contributed by atoms with van der Waals surface area (Å²) in [7, 11) is 0. The Morgan fingerprint density at radius 1 is 1.42 bits per heavy atom. The summed E-state index contributed by atoms with van der Waals surface area (Å²) in [6, 6.07) is 2.14. The van der Waals surface area contributed by atoms with Crippen LogP contribution in [0.4, 0.5) is 0 Å². The van der Waals surface area contributed by atoms with Crippen molar-refractivity contribution < 1.29 is 4.79 Å². The lowest BCUT2D eigenvalue weighted by molar-refractivity contribution is -0.130. The molecule has 0 N–H and O–H groups in total. The van der Waals surface area contributed by atoms with Crippen LogP contribution in [0, 0.1) is 6.92 Å². The quantitative estimate of drug-likeness (QED) is 0.765. The Balaban J connectivity index is 1.66. The van der Waals surface area contributed by atoms with Gasteiger partial charge < -0.3 is 4.90 Å². The van der Waals surface area contributed by atoms with Gasteiger partial charge in [0.15, 0.2) is 0 Å². The van der Waals surface area contributed by atoms with Gasteiger partial charge in [0.05, 0.1) is 6.54 Å². The van der Waals surface area contributed by atoms with E-state index in [-0.39, 0.29) is 0 Å². The number of carbonyl (C=O) groups is 1. The summed E-state index contributed by atoms with van der Waals surface area (Å²) in [4.78, 5) is 24.6. The van der Waals surface area contributed by atoms with E-state index in [4.69, 9.17) is 11.6 Å². The number of nitrogens with zero attached hydrogens (tertiary/aromatic N) is 4. The van der Waals surface area contributed by atoms with Crippen LogP contribution in [0.3, 0.4) is 0 Å². The molecule has 1 unspecified atom stereocenters. The van der Waals surface area contributed by atoms with Crippen LogP contribution >= 0.6 is 11.6 Å². The number of amides is 1. The molecule has 3 rings (SSSR count). The number of hydrogen-bond donors (Lipinski definition) is 0. The first kappa shape index (κ1) is 12.8. The van der Waals surface area contributed by atoms with E-state index in [1.807, 2.05) is 11.8 Å². The van der Waals surface area contributed by atoms with Crippen molar-refractivity contribution in [2.24, 2.45) is 0 Å². The summed E-state index contributed by atoms with van der Waals surface area (Å²) >= 11 is 5.95. The van der Waals surface area contributed by atoms with Gasteiger partial charge in [0.2, 0.25) is 5.91 Å². The first-order valence-corrected chi connectivity index (χ1v) is 7.01. The van der Waals surface area contributed by atoms with Crippen LogP contribution in [-0.2, 0) is 11.3 Å². The molecule has 1 atom stereocenters. The molecule has 0 radical (unpaired) electrons. The van der Waals surface area contributed by atoms with Gasteiger partial charge in [-0.2, -0.15) is 0 Å². The number of rotatable bonds is 2. The molecule has 2 aliphatic heterocycles. The van der Waals surface area contributed by atoms with Gasteiger partial charge in [-0.1, -0.05) is 11.6 Å². The lowest BCUT2D eigenvalue weighted by Gasteiger charge is -2.37. The van der Waals surface area contributed by atoms with Gasteiger partial charge in [-0.15, -0.1) is 0 Å². The van der Waals surface area contributed by atoms with E-state index in [1.54, 1.807) is 6.07 Å². The number of carbonyl (C=O) groups excluding carboxylic acids is 1. The average molecular weight is 281 g/mol. The van der Waals surface area contributed by atoms with Gasteiger partial charge in [-0.05, 0) is 19.4 Å². The van der Waals surface area contributed by atoms with E-state index in [9.17, 15) is 4.79 Å². The minimum absolute atomic E-state index is 0.305. The summed E-state index contributed by atoms with van der Waals surface area (Å²) in [5.41, 5.74) is 0.893. The van der Waals surface area contributed by atoms with Crippen LogP contribution in [0.15, 0.2) is 6.07 Å². The van der Waals surface area contributed by atoms with Crippen LogP contribution in [0.1, 0.15) is 24.4 Å². The molecule has 6 heteroatoms. The first-order valence-electron chi connectivity index (χ1n) is 6.64. The Morgan fingerprint density at radius 3 is 3.05 bits per heavy atom. The summed E-state index contributed by atoms with van der Waals surface area (Å²) in [5.74, 6) is 1.07. The third-order valence-corrected chi connectivity index (χ3v) is 4.01. The second-order valence-electron chi connectivity index (χ2n) is 5.26. The first-order chi connectivity index (χ1) is 9.11. The van der Waals surface area contributed by atoms with Gasteiger partial charge in [0.25, 0.3) is 0 Å². The van der Waals surface area contributed by atoms with Crippen molar-refractivity contribution in [2.45, 2.75) is 32.4 Å². The monoisotopic (exact) mass is 280 g/mol. The van der Waals surface area contributed by atoms with Gasteiger partial charge in [0, 0.05) is 37.8 Å². The van der Waals surface area contributed by atoms with E-state index in [0.717, 1.165) is 37.6 Å². The van der Waals surface area contributed by atoms with Gasteiger partial charge in [-0.25, -0.2) is 9.97 Å². The van der Waals surface area contributed by atoms with Crippen LogP contribution < -0.4 is 0 Å². The maximum atomic E-state index is 11.6. The number of fused-ring (bicyclic) bond motifs is 1. The smallest absolute Gasteiger partial charge is 0.222 e. The molecule has 2 fully saturated rings. The molecule has 102 valence electrons. The Morgan fingerprint density at radius 2 is 2.26 bits per heavy atom. The third kappa shape index (κ3) is 2.72. The van der Waals surface area contributed by atoms with Crippen LogP contribution in [-0.4, -0.2) is 51.4 Å². The zero-order valence-corrected chi connectivity index (χ0v) is 11.7. The van der Waals surface area contributed by atoms with E-state index in [0.29, 0.717) is 30.1 Å². The summed E-state index contributed by atoms with van der Waals surface area (Å²) in [5, 5.41) is 0.497. The SMILES string of the molecule is Cc1cc(Cl)nc(CN2CCN3C(=O)CCC3C2)n1. The lowest BCUT2D eigenvalue weighted by atomic mass is 10.1.